The summed E-state index contributed by atoms with van der Waals surface area (Å²) in [6.07, 6.45) is 1.39. The van der Waals surface area contributed by atoms with Crippen LogP contribution < -0.4 is 14.9 Å². The molecule has 0 aromatic heterocycles. The number of halogens is 4. The maximum Gasteiger partial charge on any atom is 0.277 e. The zero-order valence-corrected chi connectivity index (χ0v) is 19.4. The second-order valence-corrected chi connectivity index (χ2v) is 8.09. The van der Waals surface area contributed by atoms with Crippen molar-refractivity contribution in [2.24, 2.45) is 5.10 Å². The molecule has 0 spiro atoms. The maximum atomic E-state index is 11.9. The molecule has 0 saturated carbocycles. The first kappa shape index (κ1) is 22.0. The van der Waals surface area contributed by atoms with E-state index in [4.69, 9.17) is 21.1 Å². The van der Waals surface area contributed by atoms with Gasteiger partial charge in [0, 0.05) is 4.47 Å². The molecule has 0 saturated heterocycles. The summed E-state index contributed by atoms with van der Waals surface area (Å²) in [5.74, 6) is 0.164. The summed E-state index contributed by atoms with van der Waals surface area (Å²) >= 11 is 16.0. The number of nitrogens with zero attached hydrogens (tertiary/aromatic N) is 1. The maximum absolute atomic E-state index is 11.9. The van der Waals surface area contributed by atoms with Crippen LogP contribution in [0.5, 0.6) is 17.2 Å². The zero-order valence-electron chi connectivity index (χ0n) is 13.9. The van der Waals surface area contributed by atoms with Crippen LogP contribution in [0.3, 0.4) is 0 Å². The van der Waals surface area contributed by atoms with Gasteiger partial charge in [-0.25, -0.2) is 5.43 Å². The first-order chi connectivity index (χ1) is 12.8. The van der Waals surface area contributed by atoms with E-state index in [1.54, 1.807) is 25.1 Å². The Morgan fingerprint density at radius 1 is 1.22 bits per heavy atom. The molecule has 0 aliphatic heterocycles. The molecule has 0 radical (unpaired) electrons. The van der Waals surface area contributed by atoms with Gasteiger partial charge in [0.05, 0.1) is 26.8 Å². The number of carbonyl (C=O) groups excluding carboxylic acids is 1. The van der Waals surface area contributed by atoms with Crippen LogP contribution in [0.15, 0.2) is 42.8 Å². The van der Waals surface area contributed by atoms with Gasteiger partial charge in [-0.2, -0.15) is 5.10 Å². The number of phenolic OH excluding ortho intramolecular Hbond substituents is 1. The molecule has 2 N–H and O–H groups in total. The Bertz CT molecular complexity index is 854. The predicted molar refractivity (Wildman–Crippen MR) is 115 cm³/mol. The number of hydrogen-bond acceptors (Lipinski definition) is 5. The van der Waals surface area contributed by atoms with Crippen LogP contribution in [0, 0.1) is 0 Å². The fraction of sp³-hybridized carbons (Fsp3) is 0.176. The lowest BCUT2D eigenvalue weighted by molar-refractivity contribution is -0.123. The Labute approximate surface area is 186 Å². The molecule has 27 heavy (non-hydrogen) atoms. The second-order valence-electron chi connectivity index (χ2n) is 5.06. The molecule has 0 heterocycles. The molecule has 2 aromatic rings. The zero-order chi connectivity index (χ0) is 20.0. The van der Waals surface area contributed by atoms with E-state index >= 15 is 0 Å². The van der Waals surface area contributed by atoms with E-state index in [-0.39, 0.29) is 23.1 Å². The van der Waals surface area contributed by atoms with Gasteiger partial charge in [-0.15, -0.1) is 0 Å². The van der Waals surface area contributed by atoms with E-state index in [1.165, 1.54) is 12.3 Å². The smallest absolute Gasteiger partial charge is 0.277 e. The first-order valence-corrected chi connectivity index (χ1v) is 10.3. The average molecular weight is 585 g/mol. The van der Waals surface area contributed by atoms with E-state index < -0.39 is 5.91 Å². The lowest BCUT2D eigenvalue weighted by Crippen LogP contribution is -2.24. The van der Waals surface area contributed by atoms with E-state index in [2.05, 4.69) is 58.3 Å². The number of amides is 1. The minimum Gasteiger partial charge on any atom is -0.503 e. The third-order valence-corrected chi connectivity index (χ3v) is 4.99. The Hall–Kier alpha value is -1.29. The van der Waals surface area contributed by atoms with Crippen LogP contribution in [0.4, 0.5) is 0 Å². The van der Waals surface area contributed by atoms with Crippen LogP contribution in [0.2, 0.25) is 5.02 Å². The number of rotatable bonds is 7. The molecule has 1 amide bonds. The second kappa shape index (κ2) is 10.3. The molecule has 2 rings (SSSR count). The third-order valence-electron chi connectivity index (χ3n) is 3.06. The molecule has 0 aliphatic rings. The summed E-state index contributed by atoms with van der Waals surface area (Å²) < 4.78 is 13.0. The van der Waals surface area contributed by atoms with Gasteiger partial charge in [-0.3, -0.25) is 4.79 Å². The highest BCUT2D eigenvalue weighted by Gasteiger charge is 2.11. The van der Waals surface area contributed by atoms with Gasteiger partial charge in [0.2, 0.25) is 0 Å². The minimum atomic E-state index is -0.442. The van der Waals surface area contributed by atoms with E-state index in [1.807, 2.05) is 0 Å². The van der Waals surface area contributed by atoms with Crippen LogP contribution in [0.1, 0.15) is 12.5 Å². The summed E-state index contributed by atoms with van der Waals surface area (Å²) in [6, 6.07) is 6.68. The lowest BCUT2D eigenvalue weighted by Gasteiger charge is -2.10. The van der Waals surface area contributed by atoms with Crippen molar-refractivity contribution >= 4 is 71.5 Å². The highest BCUT2D eigenvalue weighted by molar-refractivity contribution is 9.11. The Morgan fingerprint density at radius 2 is 1.89 bits per heavy atom. The van der Waals surface area contributed by atoms with Gasteiger partial charge >= 0.3 is 0 Å². The van der Waals surface area contributed by atoms with Crippen molar-refractivity contribution in [1.82, 2.24) is 5.43 Å². The van der Waals surface area contributed by atoms with Gasteiger partial charge < -0.3 is 14.6 Å². The fourth-order valence-corrected chi connectivity index (χ4v) is 4.66. The monoisotopic (exact) mass is 582 g/mol. The quantitative estimate of drug-likeness (QED) is 0.343. The summed E-state index contributed by atoms with van der Waals surface area (Å²) in [4.78, 5) is 11.9. The first-order valence-electron chi connectivity index (χ1n) is 7.56. The van der Waals surface area contributed by atoms with Crippen molar-refractivity contribution in [2.75, 3.05) is 13.2 Å². The number of carbonyl (C=O) groups is 1. The number of nitrogens with one attached hydrogen (secondary N) is 1. The largest absolute Gasteiger partial charge is 0.503 e. The number of aromatic hydroxyl groups is 1. The Morgan fingerprint density at radius 3 is 2.52 bits per heavy atom. The molecule has 0 bridgehead atoms. The molecular weight excluding hydrogens is 571 g/mol. The predicted octanol–water partition coefficient (Wildman–Crippen LogP) is 5.26. The van der Waals surface area contributed by atoms with E-state index in [0.29, 0.717) is 26.9 Å². The van der Waals surface area contributed by atoms with Crippen molar-refractivity contribution in [3.05, 3.63) is 48.3 Å². The van der Waals surface area contributed by atoms with Crippen LogP contribution in [-0.4, -0.2) is 30.4 Å². The topological polar surface area (TPSA) is 80.2 Å². The van der Waals surface area contributed by atoms with Crippen molar-refractivity contribution in [3.63, 3.8) is 0 Å². The highest BCUT2D eigenvalue weighted by Crippen LogP contribution is 2.36. The molecule has 0 aliphatic carbocycles. The molecule has 6 nitrogen and oxygen atoms in total. The Kier molecular flexibility index (Phi) is 8.40. The van der Waals surface area contributed by atoms with Crippen LogP contribution in [-0.2, 0) is 4.79 Å². The van der Waals surface area contributed by atoms with Crippen molar-refractivity contribution in [1.29, 1.82) is 0 Å². The van der Waals surface area contributed by atoms with Gasteiger partial charge in [-0.1, -0.05) is 27.5 Å². The molecule has 0 unspecified atom stereocenters. The van der Waals surface area contributed by atoms with Gasteiger partial charge in [0.1, 0.15) is 5.75 Å². The average Bonchev–Trinajstić information content (AvgIpc) is 2.58. The number of benzene rings is 2. The number of ether oxygens (including phenoxy) is 2. The number of hydrogen-bond donors (Lipinski definition) is 2. The van der Waals surface area contributed by atoms with E-state index in [9.17, 15) is 9.90 Å². The fourth-order valence-electron chi connectivity index (χ4n) is 1.95. The number of hydrazone groups is 1. The summed E-state index contributed by atoms with van der Waals surface area (Å²) in [7, 11) is 0. The summed E-state index contributed by atoms with van der Waals surface area (Å²) in [6.45, 7) is 1.94. The summed E-state index contributed by atoms with van der Waals surface area (Å²) in [5, 5.41) is 13.8. The molecule has 10 heteroatoms. The van der Waals surface area contributed by atoms with Crippen LogP contribution >= 0.6 is 59.4 Å². The molecule has 0 fully saturated rings. The minimum absolute atomic E-state index is 0.127. The van der Waals surface area contributed by atoms with E-state index in [0.717, 1.165) is 4.47 Å². The summed E-state index contributed by atoms with van der Waals surface area (Å²) in [5.41, 5.74) is 2.91. The normalized spacial score (nSPS) is 10.9. The van der Waals surface area contributed by atoms with Crippen molar-refractivity contribution in [2.45, 2.75) is 6.92 Å². The number of phenols is 1. The van der Waals surface area contributed by atoms with Crippen molar-refractivity contribution in [3.8, 4) is 17.2 Å². The molecule has 0 atom stereocenters. The van der Waals surface area contributed by atoms with Crippen LogP contribution in [0.25, 0.3) is 0 Å². The van der Waals surface area contributed by atoms with Gasteiger partial charge in [-0.05, 0) is 68.6 Å². The van der Waals surface area contributed by atoms with Gasteiger partial charge in [0.25, 0.3) is 5.91 Å². The van der Waals surface area contributed by atoms with Gasteiger partial charge in [0.15, 0.2) is 18.1 Å². The van der Waals surface area contributed by atoms with Crippen molar-refractivity contribution < 1.29 is 19.4 Å². The standard InChI is InChI=1S/C17H14Br3ClN2O4/c1-2-26-14-4-9(3-13(21)16(14)25)7-22-23-15(24)8-27-17-11(19)5-10(18)6-12(17)20/h3-7,25H,2,8H2,1H3,(H,23,24)/b22-7+. The molecule has 2 aromatic carbocycles. The highest BCUT2D eigenvalue weighted by atomic mass is 79.9. The third kappa shape index (κ3) is 6.38. The SMILES string of the molecule is CCOc1cc(/C=N/NC(=O)COc2c(Br)cc(Br)cc2Br)cc(Cl)c1O. The molecule has 144 valence electrons. The Balaban J connectivity index is 1.96. The molecular formula is C17H14Br3ClN2O4. The lowest BCUT2D eigenvalue weighted by atomic mass is 10.2.